The molecule has 0 radical (unpaired) electrons. The van der Waals surface area contributed by atoms with Gasteiger partial charge in [-0.05, 0) is 55.7 Å². The first-order valence-electron chi connectivity index (χ1n) is 10.5. The molecular formula is C23H27N3O4S. The van der Waals surface area contributed by atoms with E-state index in [4.69, 9.17) is 0 Å². The van der Waals surface area contributed by atoms with Gasteiger partial charge in [0.15, 0.2) is 0 Å². The van der Waals surface area contributed by atoms with Gasteiger partial charge in [-0.15, -0.1) is 0 Å². The molecule has 2 aromatic rings. The predicted molar refractivity (Wildman–Crippen MR) is 118 cm³/mol. The third kappa shape index (κ3) is 4.04. The second kappa shape index (κ2) is 8.34. The van der Waals surface area contributed by atoms with E-state index in [1.165, 1.54) is 6.07 Å². The summed E-state index contributed by atoms with van der Waals surface area (Å²) in [5.74, 6) is -0.800. The van der Waals surface area contributed by atoms with E-state index in [9.17, 15) is 18.0 Å². The van der Waals surface area contributed by atoms with Crippen LogP contribution in [0, 0.1) is 13.8 Å². The van der Waals surface area contributed by atoms with E-state index in [-0.39, 0.29) is 23.6 Å². The number of carbonyl (C=O) groups is 2. The molecule has 0 aromatic heterocycles. The summed E-state index contributed by atoms with van der Waals surface area (Å²) < 4.78 is 27.4. The van der Waals surface area contributed by atoms with Gasteiger partial charge in [-0.25, -0.2) is 12.7 Å². The number of amides is 2. The average Bonchev–Trinajstić information content (AvgIpc) is 3.18. The van der Waals surface area contributed by atoms with E-state index in [2.05, 4.69) is 4.90 Å². The summed E-state index contributed by atoms with van der Waals surface area (Å²) in [6.45, 7) is 6.05. The Labute approximate surface area is 183 Å². The molecule has 0 aliphatic carbocycles. The lowest BCUT2D eigenvalue weighted by Gasteiger charge is -2.38. The summed E-state index contributed by atoms with van der Waals surface area (Å²) in [5.41, 5.74) is 2.90. The van der Waals surface area contributed by atoms with Crippen molar-refractivity contribution in [3.05, 3.63) is 59.7 Å². The number of rotatable bonds is 4. The van der Waals surface area contributed by atoms with Crippen LogP contribution < -0.4 is 4.90 Å². The summed E-state index contributed by atoms with van der Waals surface area (Å²) in [6.07, 6.45) is 0.283. The molecule has 2 fully saturated rings. The number of carbonyl (C=O) groups excluding carboxylic acids is 2. The number of nitrogens with zero attached hydrogens (tertiary/aromatic N) is 3. The Morgan fingerprint density at radius 3 is 2.26 bits per heavy atom. The lowest BCUT2D eigenvalue weighted by molar-refractivity contribution is -0.138. The van der Waals surface area contributed by atoms with Crippen LogP contribution in [0.5, 0.6) is 0 Å². The van der Waals surface area contributed by atoms with Gasteiger partial charge in [-0.3, -0.25) is 9.59 Å². The third-order valence-electron chi connectivity index (χ3n) is 6.19. The summed E-state index contributed by atoms with van der Waals surface area (Å²) in [7, 11) is -4.09. The molecule has 164 valence electrons. The minimum Gasteiger partial charge on any atom is -0.368 e. The van der Waals surface area contributed by atoms with Crippen molar-refractivity contribution in [2.24, 2.45) is 0 Å². The summed E-state index contributed by atoms with van der Waals surface area (Å²) in [6, 6.07) is 13.8. The van der Waals surface area contributed by atoms with Crippen molar-refractivity contribution < 1.29 is 18.0 Å². The number of piperazine rings is 1. The maximum atomic E-state index is 13.3. The van der Waals surface area contributed by atoms with Gasteiger partial charge in [0.2, 0.25) is 11.8 Å². The highest BCUT2D eigenvalue weighted by atomic mass is 32.2. The first-order chi connectivity index (χ1) is 14.8. The molecule has 2 saturated heterocycles. The highest BCUT2D eigenvalue weighted by molar-refractivity contribution is 7.89. The van der Waals surface area contributed by atoms with Gasteiger partial charge >= 0.3 is 0 Å². The largest absolute Gasteiger partial charge is 0.368 e. The van der Waals surface area contributed by atoms with Gasteiger partial charge in [0.1, 0.15) is 6.04 Å². The lowest BCUT2D eigenvalue weighted by Crippen LogP contribution is -2.55. The smallest absolute Gasteiger partial charge is 0.267 e. The van der Waals surface area contributed by atoms with E-state index in [1.807, 2.05) is 44.2 Å². The van der Waals surface area contributed by atoms with Crippen LogP contribution >= 0.6 is 0 Å². The fraction of sp³-hybridized carbons (Fsp3) is 0.391. The fourth-order valence-corrected chi connectivity index (χ4v) is 5.89. The van der Waals surface area contributed by atoms with Gasteiger partial charge in [0.25, 0.3) is 10.0 Å². The molecule has 2 aliphatic heterocycles. The van der Waals surface area contributed by atoms with E-state index in [0.717, 1.165) is 21.1 Å². The highest BCUT2D eigenvalue weighted by Crippen LogP contribution is 2.30. The molecule has 0 bridgehead atoms. The van der Waals surface area contributed by atoms with Crippen LogP contribution in [0.3, 0.4) is 0 Å². The van der Waals surface area contributed by atoms with Gasteiger partial charge in [0.05, 0.1) is 4.90 Å². The van der Waals surface area contributed by atoms with Gasteiger partial charge in [-0.1, -0.05) is 24.3 Å². The average molecular weight is 442 g/mol. The van der Waals surface area contributed by atoms with Crippen molar-refractivity contribution in [3.8, 4) is 0 Å². The SMILES string of the molecule is Cc1ccc(S(=O)(=O)N2C(=O)CCC2C(=O)N2CCN(c3ccccc3)CC2)cc1C. The van der Waals surface area contributed by atoms with E-state index < -0.39 is 22.0 Å². The number of anilines is 1. The van der Waals surface area contributed by atoms with Crippen LogP contribution in [0.2, 0.25) is 0 Å². The quantitative estimate of drug-likeness (QED) is 0.728. The third-order valence-corrected chi connectivity index (χ3v) is 8.02. The van der Waals surface area contributed by atoms with Gasteiger partial charge in [-0.2, -0.15) is 0 Å². The number of hydrogen-bond acceptors (Lipinski definition) is 5. The summed E-state index contributed by atoms with van der Waals surface area (Å²) in [4.78, 5) is 29.7. The zero-order valence-corrected chi connectivity index (χ0v) is 18.6. The van der Waals surface area contributed by atoms with Gasteiger partial charge < -0.3 is 9.80 Å². The van der Waals surface area contributed by atoms with E-state index >= 15 is 0 Å². The number of sulfonamides is 1. The first kappa shape index (κ1) is 21.4. The Balaban J connectivity index is 1.51. The zero-order valence-electron chi connectivity index (χ0n) is 17.8. The number of hydrogen-bond donors (Lipinski definition) is 0. The molecule has 8 heteroatoms. The Morgan fingerprint density at radius 2 is 1.61 bits per heavy atom. The maximum Gasteiger partial charge on any atom is 0.267 e. The minimum absolute atomic E-state index is 0.0533. The van der Waals surface area contributed by atoms with Gasteiger partial charge in [0, 0.05) is 38.3 Å². The Hall–Kier alpha value is -2.87. The van der Waals surface area contributed by atoms with E-state index in [1.54, 1.807) is 17.0 Å². The van der Waals surface area contributed by atoms with Crippen molar-refractivity contribution in [3.63, 3.8) is 0 Å². The van der Waals surface area contributed by atoms with Crippen LogP contribution in [0.1, 0.15) is 24.0 Å². The van der Waals surface area contributed by atoms with Crippen LogP contribution in [-0.2, 0) is 19.6 Å². The van der Waals surface area contributed by atoms with E-state index in [0.29, 0.717) is 26.2 Å². The molecule has 2 aromatic carbocycles. The molecule has 1 unspecified atom stereocenters. The molecular weight excluding hydrogens is 414 g/mol. The highest BCUT2D eigenvalue weighted by Gasteiger charge is 2.45. The number of benzene rings is 2. The molecule has 7 nitrogen and oxygen atoms in total. The van der Waals surface area contributed by atoms with Crippen LogP contribution in [0.25, 0.3) is 0 Å². The molecule has 0 N–H and O–H groups in total. The second-order valence-electron chi connectivity index (χ2n) is 8.14. The predicted octanol–water partition coefficient (Wildman–Crippen LogP) is 2.33. The van der Waals surface area contributed by atoms with Crippen LogP contribution in [0.4, 0.5) is 5.69 Å². The molecule has 1 atom stereocenters. The first-order valence-corrected chi connectivity index (χ1v) is 12.0. The Bertz CT molecular complexity index is 1090. The molecule has 0 saturated carbocycles. The topological polar surface area (TPSA) is 78.0 Å². The molecule has 31 heavy (non-hydrogen) atoms. The molecule has 2 amide bonds. The van der Waals surface area contributed by atoms with Crippen molar-refractivity contribution in [2.75, 3.05) is 31.1 Å². The summed E-state index contributed by atoms with van der Waals surface area (Å²) in [5, 5.41) is 0. The Kier molecular flexibility index (Phi) is 5.75. The molecule has 4 rings (SSSR count). The monoisotopic (exact) mass is 441 g/mol. The van der Waals surface area contributed by atoms with Crippen LogP contribution in [-0.4, -0.2) is 61.7 Å². The molecule has 2 heterocycles. The zero-order chi connectivity index (χ0) is 22.2. The van der Waals surface area contributed by atoms with Crippen molar-refractivity contribution in [2.45, 2.75) is 37.6 Å². The van der Waals surface area contributed by atoms with Crippen molar-refractivity contribution >= 4 is 27.5 Å². The Morgan fingerprint density at radius 1 is 0.935 bits per heavy atom. The maximum absolute atomic E-state index is 13.3. The molecule has 0 spiro atoms. The molecule has 2 aliphatic rings. The standard InChI is InChI=1S/C23H27N3O4S/c1-17-8-9-20(16-18(17)2)31(29,30)26-21(10-11-22(26)27)23(28)25-14-12-24(13-15-25)19-6-4-3-5-7-19/h3-9,16,21H,10-15H2,1-2H3. The fourth-order valence-electron chi connectivity index (χ4n) is 4.21. The number of para-hydroxylation sites is 1. The normalized spacial score (nSPS) is 19.7. The summed E-state index contributed by atoms with van der Waals surface area (Å²) >= 11 is 0. The van der Waals surface area contributed by atoms with Crippen molar-refractivity contribution in [1.82, 2.24) is 9.21 Å². The van der Waals surface area contributed by atoms with Crippen molar-refractivity contribution in [1.29, 1.82) is 0 Å². The van der Waals surface area contributed by atoms with Crippen LogP contribution in [0.15, 0.2) is 53.4 Å². The second-order valence-corrected chi connectivity index (χ2v) is 9.96. The lowest BCUT2D eigenvalue weighted by atomic mass is 10.1. The number of aryl methyl sites for hydroxylation is 2. The minimum atomic E-state index is -4.09.